The van der Waals surface area contributed by atoms with E-state index in [4.69, 9.17) is 10.5 Å². The SMILES string of the molecule is CCC1(CC)c2cc(C(N)=O)ccc2CC(OC)C1NCCC(C(=O)O)C1CCCCC1. The Bertz CT molecular complexity index is 799. The van der Waals surface area contributed by atoms with Gasteiger partial charge in [-0.3, -0.25) is 9.59 Å². The summed E-state index contributed by atoms with van der Waals surface area (Å²) in [4.78, 5) is 23.9. The number of hydrogen-bond donors (Lipinski definition) is 3. The highest BCUT2D eigenvalue weighted by Crippen LogP contribution is 2.44. The van der Waals surface area contributed by atoms with Gasteiger partial charge in [-0.05, 0) is 67.8 Å². The summed E-state index contributed by atoms with van der Waals surface area (Å²) < 4.78 is 5.95. The minimum Gasteiger partial charge on any atom is -0.481 e. The van der Waals surface area contributed by atoms with Crippen molar-refractivity contribution < 1.29 is 19.4 Å². The van der Waals surface area contributed by atoms with Gasteiger partial charge in [0.25, 0.3) is 0 Å². The van der Waals surface area contributed by atoms with Gasteiger partial charge in [-0.25, -0.2) is 0 Å². The summed E-state index contributed by atoms with van der Waals surface area (Å²) in [6.45, 7) is 5.00. The van der Waals surface area contributed by atoms with E-state index < -0.39 is 11.9 Å². The number of aliphatic carboxylic acids is 1. The van der Waals surface area contributed by atoms with Gasteiger partial charge >= 0.3 is 5.97 Å². The number of carboxylic acid groups (broad SMARTS) is 1. The van der Waals surface area contributed by atoms with E-state index in [1.807, 2.05) is 12.1 Å². The number of fused-ring (bicyclic) bond motifs is 1. The molecule has 6 nitrogen and oxygen atoms in total. The quantitative estimate of drug-likeness (QED) is 0.505. The molecule has 1 saturated carbocycles. The van der Waals surface area contributed by atoms with Gasteiger partial charge in [0.05, 0.1) is 12.0 Å². The lowest BCUT2D eigenvalue weighted by molar-refractivity contribution is -0.144. The zero-order valence-corrected chi connectivity index (χ0v) is 19.9. The van der Waals surface area contributed by atoms with Crippen LogP contribution in [0.5, 0.6) is 0 Å². The van der Waals surface area contributed by atoms with Crippen LogP contribution in [-0.2, 0) is 21.4 Å². The van der Waals surface area contributed by atoms with Crippen LogP contribution in [0.2, 0.25) is 0 Å². The van der Waals surface area contributed by atoms with Gasteiger partial charge in [0, 0.05) is 30.6 Å². The van der Waals surface area contributed by atoms with Crippen molar-refractivity contribution in [1.29, 1.82) is 0 Å². The van der Waals surface area contributed by atoms with E-state index >= 15 is 0 Å². The molecule has 0 saturated heterocycles. The highest BCUT2D eigenvalue weighted by Gasteiger charge is 2.47. The third-order valence-corrected chi connectivity index (χ3v) is 8.24. The number of ether oxygens (including phenoxy) is 1. The third-order valence-electron chi connectivity index (χ3n) is 8.24. The number of carboxylic acids is 1. The first-order chi connectivity index (χ1) is 15.4. The highest BCUT2D eigenvalue weighted by atomic mass is 16.5. The van der Waals surface area contributed by atoms with Crippen LogP contribution in [0.1, 0.15) is 86.7 Å². The van der Waals surface area contributed by atoms with E-state index in [-0.39, 0.29) is 29.4 Å². The Morgan fingerprint density at radius 3 is 2.47 bits per heavy atom. The van der Waals surface area contributed by atoms with Crippen LogP contribution in [0.3, 0.4) is 0 Å². The molecule has 0 aliphatic heterocycles. The van der Waals surface area contributed by atoms with Gasteiger partial charge in [-0.1, -0.05) is 39.2 Å². The molecule has 0 heterocycles. The monoisotopic (exact) mass is 444 g/mol. The molecule has 3 unspecified atom stereocenters. The van der Waals surface area contributed by atoms with Crippen molar-refractivity contribution in [3.63, 3.8) is 0 Å². The smallest absolute Gasteiger partial charge is 0.306 e. The molecule has 0 spiro atoms. The zero-order chi connectivity index (χ0) is 23.3. The Balaban J connectivity index is 1.84. The Morgan fingerprint density at radius 2 is 1.91 bits per heavy atom. The van der Waals surface area contributed by atoms with Crippen molar-refractivity contribution in [1.82, 2.24) is 5.32 Å². The summed E-state index contributed by atoms with van der Waals surface area (Å²) in [5, 5.41) is 13.6. The van der Waals surface area contributed by atoms with E-state index in [2.05, 4.69) is 19.2 Å². The minimum absolute atomic E-state index is 0.0141. The number of carbonyl (C=O) groups excluding carboxylic acids is 1. The number of nitrogens with one attached hydrogen (secondary N) is 1. The fourth-order valence-electron chi connectivity index (χ4n) is 6.34. The maximum atomic E-state index is 12.0. The van der Waals surface area contributed by atoms with Gasteiger partial charge in [0.2, 0.25) is 5.91 Å². The van der Waals surface area contributed by atoms with Crippen molar-refractivity contribution in [3.05, 3.63) is 34.9 Å². The molecule has 32 heavy (non-hydrogen) atoms. The Labute approximate surface area is 192 Å². The molecule has 1 amide bonds. The van der Waals surface area contributed by atoms with Gasteiger partial charge in [0.15, 0.2) is 0 Å². The molecule has 4 N–H and O–H groups in total. The largest absolute Gasteiger partial charge is 0.481 e. The topological polar surface area (TPSA) is 102 Å². The lowest BCUT2D eigenvalue weighted by atomic mass is 9.62. The molecule has 2 aliphatic carbocycles. The van der Waals surface area contributed by atoms with Crippen molar-refractivity contribution in [3.8, 4) is 0 Å². The maximum absolute atomic E-state index is 12.0. The number of hydrogen-bond acceptors (Lipinski definition) is 4. The number of carbonyl (C=O) groups is 2. The number of nitrogens with two attached hydrogens (primary N) is 1. The van der Waals surface area contributed by atoms with Crippen LogP contribution in [0.25, 0.3) is 0 Å². The molecule has 1 aromatic rings. The van der Waals surface area contributed by atoms with Crippen molar-refractivity contribution in [2.75, 3.05) is 13.7 Å². The third kappa shape index (κ3) is 4.86. The number of methoxy groups -OCH3 is 1. The molecule has 6 heteroatoms. The first kappa shape index (κ1) is 24.7. The van der Waals surface area contributed by atoms with E-state index in [0.717, 1.165) is 44.9 Å². The van der Waals surface area contributed by atoms with E-state index in [9.17, 15) is 14.7 Å². The predicted octanol–water partition coefficient (Wildman–Crippen LogP) is 4.04. The second-order valence-electron chi connectivity index (χ2n) is 9.64. The van der Waals surface area contributed by atoms with Crippen molar-refractivity contribution >= 4 is 11.9 Å². The molecule has 0 bridgehead atoms. The van der Waals surface area contributed by atoms with Crippen LogP contribution >= 0.6 is 0 Å². The summed E-state index contributed by atoms with van der Waals surface area (Å²) in [5.74, 6) is -1.09. The molecule has 3 rings (SSSR count). The fraction of sp³-hybridized carbons (Fsp3) is 0.692. The summed E-state index contributed by atoms with van der Waals surface area (Å²) in [6.07, 6.45) is 8.72. The predicted molar refractivity (Wildman–Crippen MR) is 126 cm³/mol. The average molecular weight is 445 g/mol. The molecule has 2 aliphatic rings. The first-order valence-corrected chi connectivity index (χ1v) is 12.3. The normalized spacial score (nSPS) is 24.0. The fourth-order valence-corrected chi connectivity index (χ4v) is 6.34. The van der Waals surface area contributed by atoms with Crippen molar-refractivity contribution in [2.45, 2.75) is 89.2 Å². The standard InChI is InChI=1S/C26H40N2O4/c1-4-26(5-2)21-15-19(24(27)29)12-11-18(21)16-22(32-3)23(26)28-14-13-20(25(30)31)17-9-7-6-8-10-17/h11-12,15,17,20,22-23,28H,4-10,13-14,16H2,1-3H3,(H2,27,29)(H,30,31). The summed E-state index contributed by atoms with van der Waals surface area (Å²) >= 11 is 0. The molecular weight excluding hydrogens is 404 g/mol. The number of rotatable bonds is 10. The first-order valence-electron chi connectivity index (χ1n) is 12.3. The lowest BCUT2D eigenvalue weighted by Crippen LogP contribution is -2.59. The molecule has 1 fully saturated rings. The van der Waals surface area contributed by atoms with E-state index in [0.29, 0.717) is 18.5 Å². The number of amides is 1. The van der Waals surface area contributed by atoms with Gasteiger partial charge < -0.3 is 20.9 Å². The van der Waals surface area contributed by atoms with Crippen LogP contribution in [-0.4, -0.2) is 42.8 Å². The van der Waals surface area contributed by atoms with Gasteiger partial charge in [-0.15, -0.1) is 0 Å². The van der Waals surface area contributed by atoms with Gasteiger partial charge in [-0.2, -0.15) is 0 Å². The van der Waals surface area contributed by atoms with E-state index in [1.54, 1.807) is 13.2 Å². The Morgan fingerprint density at radius 1 is 1.22 bits per heavy atom. The molecule has 0 radical (unpaired) electrons. The van der Waals surface area contributed by atoms with Crippen LogP contribution in [0, 0.1) is 11.8 Å². The second kappa shape index (κ2) is 10.8. The Hall–Kier alpha value is -1.92. The molecule has 178 valence electrons. The summed E-state index contributed by atoms with van der Waals surface area (Å²) in [5.41, 5.74) is 8.29. The highest BCUT2D eigenvalue weighted by molar-refractivity contribution is 5.93. The minimum atomic E-state index is -0.667. The van der Waals surface area contributed by atoms with Crippen LogP contribution in [0.4, 0.5) is 0 Å². The Kier molecular flexibility index (Phi) is 8.34. The van der Waals surface area contributed by atoms with Gasteiger partial charge in [0.1, 0.15) is 0 Å². The average Bonchev–Trinajstić information content (AvgIpc) is 2.81. The molecule has 0 aromatic heterocycles. The van der Waals surface area contributed by atoms with Crippen LogP contribution in [0.15, 0.2) is 18.2 Å². The molecule has 1 aromatic carbocycles. The molecule has 3 atom stereocenters. The summed E-state index contributed by atoms with van der Waals surface area (Å²) in [6, 6.07) is 5.83. The lowest BCUT2D eigenvalue weighted by Gasteiger charge is -2.49. The number of primary amides is 1. The number of benzene rings is 1. The zero-order valence-electron chi connectivity index (χ0n) is 19.9. The maximum Gasteiger partial charge on any atom is 0.306 e. The van der Waals surface area contributed by atoms with Crippen LogP contribution < -0.4 is 11.1 Å². The summed E-state index contributed by atoms with van der Waals surface area (Å²) in [7, 11) is 1.75. The van der Waals surface area contributed by atoms with E-state index in [1.165, 1.54) is 17.5 Å². The molecular formula is C26H40N2O4. The van der Waals surface area contributed by atoms with Crippen molar-refractivity contribution in [2.24, 2.45) is 17.6 Å². The second-order valence-corrected chi connectivity index (χ2v) is 9.64.